The minimum atomic E-state index is -0.641. The van der Waals surface area contributed by atoms with Gasteiger partial charge in [-0.15, -0.1) is 11.3 Å². The van der Waals surface area contributed by atoms with Gasteiger partial charge < -0.3 is 10.2 Å². The number of carbonyl (C=O) groups is 2. The van der Waals surface area contributed by atoms with Crippen molar-refractivity contribution in [3.8, 4) is 0 Å². The minimum Gasteiger partial charge on any atom is -0.329 e. The minimum absolute atomic E-state index is 0.0454. The molecule has 2 rings (SSSR count). The first-order chi connectivity index (χ1) is 13.3. The number of halogens is 1. The molecule has 2 amide bonds. The van der Waals surface area contributed by atoms with Gasteiger partial charge in [0.1, 0.15) is 11.6 Å². The molecular weight excluding hydrogens is 404 g/mol. The average Bonchev–Trinajstić information content (AvgIpc) is 3.05. The Morgan fingerprint density at radius 3 is 2.71 bits per heavy atom. The number of amides is 2. The maximum absolute atomic E-state index is 12.9. The second kappa shape index (κ2) is 10.1. The van der Waals surface area contributed by atoms with E-state index in [0.29, 0.717) is 11.7 Å². The Bertz CT molecular complexity index is 871. The molecule has 0 aliphatic heterocycles. The summed E-state index contributed by atoms with van der Waals surface area (Å²) in [6, 6.07) is 3.88. The number of nitrogens with zero attached hydrogens (tertiary/aromatic N) is 3. The second-order valence-electron chi connectivity index (χ2n) is 6.20. The number of hydrogen-bond acceptors (Lipinski definition) is 6. The number of nitro benzene ring substituents is 1. The monoisotopic (exact) mass is 424 g/mol. The zero-order valence-electron chi connectivity index (χ0n) is 15.6. The van der Waals surface area contributed by atoms with Crippen LogP contribution in [0.15, 0.2) is 23.6 Å². The molecule has 28 heavy (non-hydrogen) atoms. The Kier molecular flexibility index (Phi) is 7.89. The van der Waals surface area contributed by atoms with Gasteiger partial charge in [0, 0.05) is 23.6 Å². The summed E-state index contributed by atoms with van der Waals surface area (Å²) in [5, 5.41) is 16.0. The van der Waals surface area contributed by atoms with Gasteiger partial charge >= 0.3 is 0 Å². The van der Waals surface area contributed by atoms with Gasteiger partial charge in [-0.25, -0.2) is 4.98 Å². The van der Waals surface area contributed by atoms with Crippen molar-refractivity contribution in [1.29, 1.82) is 0 Å². The van der Waals surface area contributed by atoms with Crippen LogP contribution in [0.3, 0.4) is 0 Å². The Balaban J connectivity index is 2.16. The van der Waals surface area contributed by atoms with E-state index in [1.807, 2.05) is 19.2 Å². The largest absolute Gasteiger partial charge is 0.329 e. The Hall–Kier alpha value is -2.52. The van der Waals surface area contributed by atoms with Crippen molar-refractivity contribution in [2.24, 2.45) is 0 Å². The SMILES string of the molecule is CCCCCN(CC(=O)Nc1nc(C)cs1)C(=O)c1ccc(Cl)c([N+](=O)[O-])c1. The highest BCUT2D eigenvalue weighted by atomic mass is 35.5. The average molecular weight is 425 g/mol. The molecule has 0 atom stereocenters. The molecule has 8 nitrogen and oxygen atoms in total. The molecule has 0 radical (unpaired) electrons. The lowest BCUT2D eigenvalue weighted by Gasteiger charge is -2.22. The topological polar surface area (TPSA) is 105 Å². The molecule has 0 saturated heterocycles. The van der Waals surface area contributed by atoms with Gasteiger partial charge in [-0.3, -0.25) is 19.7 Å². The summed E-state index contributed by atoms with van der Waals surface area (Å²) in [6.45, 7) is 4.05. The zero-order chi connectivity index (χ0) is 20.7. The number of carbonyl (C=O) groups excluding carboxylic acids is 2. The van der Waals surface area contributed by atoms with Crippen LogP contribution in [0.4, 0.5) is 10.8 Å². The van der Waals surface area contributed by atoms with E-state index < -0.39 is 10.8 Å². The van der Waals surface area contributed by atoms with E-state index in [1.54, 1.807) is 0 Å². The highest BCUT2D eigenvalue weighted by molar-refractivity contribution is 7.13. The van der Waals surface area contributed by atoms with Crippen molar-refractivity contribution < 1.29 is 14.5 Å². The van der Waals surface area contributed by atoms with Crippen LogP contribution in [0.1, 0.15) is 42.2 Å². The summed E-state index contributed by atoms with van der Waals surface area (Å²) in [4.78, 5) is 41.3. The van der Waals surface area contributed by atoms with Crippen molar-refractivity contribution >= 4 is 45.6 Å². The van der Waals surface area contributed by atoms with Crippen LogP contribution in [0.25, 0.3) is 0 Å². The second-order valence-corrected chi connectivity index (χ2v) is 7.46. The standard InChI is InChI=1S/C18H21ClN4O4S/c1-3-4-5-8-22(10-16(24)21-18-20-12(2)11-28-18)17(25)13-6-7-14(19)15(9-13)23(26)27/h6-7,9,11H,3-5,8,10H2,1-2H3,(H,20,21,24). The number of hydrogen-bond donors (Lipinski definition) is 1. The first-order valence-corrected chi connectivity index (χ1v) is 10.0. The number of thiazole rings is 1. The van der Waals surface area contributed by atoms with E-state index in [0.717, 1.165) is 31.0 Å². The number of unbranched alkanes of at least 4 members (excludes halogenated alkanes) is 2. The van der Waals surface area contributed by atoms with Crippen LogP contribution in [-0.2, 0) is 4.79 Å². The van der Waals surface area contributed by atoms with Crippen LogP contribution in [0.5, 0.6) is 0 Å². The molecule has 0 saturated carbocycles. The maximum atomic E-state index is 12.9. The summed E-state index contributed by atoms with van der Waals surface area (Å²) in [5.41, 5.74) is 0.568. The van der Waals surface area contributed by atoms with Gasteiger partial charge in [-0.05, 0) is 25.5 Å². The fourth-order valence-electron chi connectivity index (χ4n) is 2.52. The normalized spacial score (nSPS) is 10.5. The molecule has 0 aliphatic carbocycles. The quantitative estimate of drug-likeness (QED) is 0.367. The maximum Gasteiger partial charge on any atom is 0.288 e. The summed E-state index contributed by atoms with van der Waals surface area (Å²) >= 11 is 7.12. The molecule has 0 unspecified atom stereocenters. The fraction of sp³-hybridized carbons (Fsp3) is 0.389. The van der Waals surface area contributed by atoms with E-state index in [9.17, 15) is 19.7 Å². The molecule has 0 spiro atoms. The highest BCUT2D eigenvalue weighted by Gasteiger charge is 2.22. The van der Waals surface area contributed by atoms with E-state index in [-0.39, 0.29) is 28.7 Å². The third-order valence-corrected chi connectivity index (χ3v) is 5.10. The molecule has 0 aliphatic rings. The molecule has 1 aromatic carbocycles. The zero-order valence-corrected chi connectivity index (χ0v) is 17.2. The summed E-state index contributed by atoms with van der Waals surface area (Å²) < 4.78 is 0. The Morgan fingerprint density at radius 2 is 2.11 bits per heavy atom. The Morgan fingerprint density at radius 1 is 1.36 bits per heavy atom. The van der Waals surface area contributed by atoms with Crippen molar-refractivity contribution in [3.63, 3.8) is 0 Å². The van der Waals surface area contributed by atoms with Crippen LogP contribution < -0.4 is 5.32 Å². The molecule has 0 bridgehead atoms. The van der Waals surface area contributed by atoms with Gasteiger partial charge in [0.15, 0.2) is 5.13 Å². The summed E-state index contributed by atoms with van der Waals surface area (Å²) in [5.74, 6) is -0.830. The first-order valence-electron chi connectivity index (χ1n) is 8.77. The molecule has 1 heterocycles. The lowest BCUT2D eigenvalue weighted by atomic mass is 10.1. The molecule has 1 aromatic heterocycles. The van der Waals surface area contributed by atoms with Crippen molar-refractivity contribution in [2.45, 2.75) is 33.1 Å². The van der Waals surface area contributed by atoms with Crippen LogP contribution in [-0.4, -0.2) is 39.7 Å². The number of aryl methyl sites for hydroxylation is 1. The third-order valence-electron chi connectivity index (χ3n) is 3.91. The lowest BCUT2D eigenvalue weighted by Crippen LogP contribution is -2.38. The molecule has 10 heteroatoms. The number of anilines is 1. The van der Waals surface area contributed by atoms with Gasteiger partial charge in [-0.1, -0.05) is 31.4 Å². The number of aromatic nitrogens is 1. The summed E-state index contributed by atoms with van der Waals surface area (Å²) in [6.07, 6.45) is 2.58. The smallest absolute Gasteiger partial charge is 0.288 e. The highest BCUT2D eigenvalue weighted by Crippen LogP contribution is 2.26. The third kappa shape index (κ3) is 6.00. The molecule has 2 aromatic rings. The number of benzene rings is 1. The number of nitro groups is 1. The van der Waals surface area contributed by atoms with E-state index in [2.05, 4.69) is 10.3 Å². The van der Waals surface area contributed by atoms with Gasteiger partial charge in [0.2, 0.25) is 5.91 Å². The number of rotatable bonds is 9. The molecule has 1 N–H and O–H groups in total. The van der Waals surface area contributed by atoms with E-state index in [4.69, 9.17) is 11.6 Å². The van der Waals surface area contributed by atoms with Crippen molar-refractivity contribution in [1.82, 2.24) is 9.88 Å². The molecule has 0 fully saturated rings. The Labute approximate surface area is 171 Å². The van der Waals surface area contributed by atoms with Gasteiger partial charge in [0.05, 0.1) is 10.6 Å². The van der Waals surface area contributed by atoms with E-state index >= 15 is 0 Å². The van der Waals surface area contributed by atoms with Crippen molar-refractivity contribution in [3.05, 3.63) is 50.0 Å². The van der Waals surface area contributed by atoms with Crippen LogP contribution >= 0.6 is 22.9 Å². The first kappa shape index (κ1) is 21.8. The van der Waals surface area contributed by atoms with Gasteiger partial charge in [0.25, 0.3) is 11.6 Å². The lowest BCUT2D eigenvalue weighted by molar-refractivity contribution is -0.384. The predicted molar refractivity (Wildman–Crippen MR) is 109 cm³/mol. The predicted octanol–water partition coefficient (Wildman–Crippen LogP) is 4.28. The molecular formula is C18H21ClN4O4S. The molecule has 150 valence electrons. The number of nitrogens with one attached hydrogen (secondary N) is 1. The summed E-state index contributed by atoms with van der Waals surface area (Å²) in [7, 11) is 0. The fourth-order valence-corrected chi connectivity index (χ4v) is 3.41. The van der Waals surface area contributed by atoms with Crippen LogP contribution in [0, 0.1) is 17.0 Å². The van der Waals surface area contributed by atoms with Crippen LogP contribution in [0.2, 0.25) is 5.02 Å². The van der Waals surface area contributed by atoms with Gasteiger partial charge in [-0.2, -0.15) is 0 Å². The van der Waals surface area contributed by atoms with E-state index in [1.165, 1.54) is 28.4 Å². The van der Waals surface area contributed by atoms with Crippen molar-refractivity contribution in [2.75, 3.05) is 18.4 Å².